The van der Waals surface area contributed by atoms with Gasteiger partial charge in [-0.25, -0.2) is 0 Å². The molecule has 2 atom stereocenters. The van der Waals surface area contributed by atoms with Crippen LogP contribution in [0, 0.1) is 5.92 Å². The van der Waals surface area contributed by atoms with E-state index in [1.165, 1.54) is 0 Å². The van der Waals surface area contributed by atoms with Gasteiger partial charge in [0.1, 0.15) is 6.04 Å². The molecule has 1 N–H and O–H groups in total. The Morgan fingerprint density at radius 1 is 1.53 bits per heavy atom. The van der Waals surface area contributed by atoms with E-state index in [-0.39, 0.29) is 17.5 Å². The van der Waals surface area contributed by atoms with Crippen molar-refractivity contribution in [1.82, 2.24) is 10.2 Å². The quantitative estimate of drug-likeness (QED) is 0.733. The first-order valence-electron chi connectivity index (χ1n) is 5.43. The van der Waals surface area contributed by atoms with Gasteiger partial charge < -0.3 is 5.32 Å². The van der Waals surface area contributed by atoms with Crippen LogP contribution in [0.1, 0.15) is 41.0 Å². The molecule has 1 aliphatic heterocycles. The molecular formula is C11H20N2OS. The molecule has 15 heavy (non-hydrogen) atoms. The molecular weight excluding hydrogens is 208 g/mol. The number of amides is 1. The molecule has 0 radical (unpaired) electrons. The minimum atomic E-state index is -0.233. The fourth-order valence-electron chi connectivity index (χ4n) is 1.76. The number of nitrogens with zero attached hydrogens (tertiary/aromatic N) is 1. The van der Waals surface area contributed by atoms with Crippen molar-refractivity contribution in [3.63, 3.8) is 0 Å². The van der Waals surface area contributed by atoms with Crippen molar-refractivity contribution in [1.29, 1.82) is 0 Å². The number of thiocarbonyl (C=S) groups is 1. The maximum absolute atomic E-state index is 12.1. The smallest absolute Gasteiger partial charge is 0.252 e. The molecule has 0 aromatic heterocycles. The van der Waals surface area contributed by atoms with Gasteiger partial charge in [0.15, 0.2) is 5.11 Å². The average Bonchev–Trinajstić information content (AvgIpc) is 2.39. The average molecular weight is 228 g/mol. The first-order valence-corrected chi connectivity index (χ1v) is 5.84. The van der Waals surface area contributed by atoms with Crippen molar-refractivity contribution >= 4 is 23.2 Å². The molecule has 0 bridgehead atoms. The van der Waals surface area contributed by atoms with Gasteiger partial charge in [-0.1, -0.05) is 20.3 Å². The summed E-state index contributed by atoms with van der Waals surface area (Å²) >= 11 is 5.20. The van der Waals surface area contributed by atoms with Crippen LogP contribution >= 0.6 is 12.2 Å². The second kappa shape index (κ2) is 4.08. The molecule has 0 aromatic carbocycles. The predicted octanol–water partition coefficient (Wildman–Crippen LogP) is 1.92. The number of hydrogen-bond acceptors (Lipinski definition) is 2. The molecule has 0 aromatic rings. The fraction of sp³-hybridized carbons (Fsp3) is 0.818. The number of carbonyl (C=O) groups excluding carboxylic acids is 1. The van der Waals surface area contributed by atoms with Gasteiger partial charge in [0.25, 0.3) is 5.91 Å². The molecule has 0 spiro atoms. The number of carbonyl (C=O) groups is 1. The second-order valence-electron chi connectivity index (χ2n) is 5.16. The summed E-state index contributed by atoms with van der Waals surface area (Å²) in [5.41, 5.74) is -0.233. The van der Waals surface area contributed by atoms with Gasteiger partial charge in [-0.05, 0) is 38.9 Å². The third kappa shape index (κ3) is 2.30. The Morgan fingerprint density at radius 3 is 2.40 bits per heavy atom. The van der Waals surface area contributed by atoms with E-state index in [0.29, 0.717) is 11.0 Å². The lowest BCUT2D eigenvalue weighted by molar-refractivity contribution is -0.131. The highest BCUT2D eigenvalue weighted by Gasteiger charge is 2.42. The molecule has 3 nitrogen and oxygen atoms in total. The zero-order chi connectivity index (χ0) is 11.8. The van der Waals surface area contributed by atoms with Crippen LogP contribution in [0.3, 0.4) is 0 Å². The van der Waals surface area contributed by atoms with Crippen molar-refractivity contribution in [2.75, 3.05) is 0 Å². The Hall–Kier alpha value is -0.640. The van der Waals surface area contributed by atoms with Crippen LogP contribution in [0.2, 0.25) is 0 Å². The second-order valence-corrected chi connectivity index (χ2v) is 5.54. The van der Waals surface area contributed by atoms with Crippen LogP contribution in [-0.4, -0.2) is 27.5 Å². The zero-order valence-corrected chi connectivity index (χ0v) is 10.9. The van der Waals surface area contributed by atoms with E-state index in [9.17, 15) is 4.79 Å². The summed E-state index contributed by atoms with van der Waals surface area (Å²) in [4.78, 5) is 13.8. The Balaban J connectivity index is 2.89. The molecule has 1 aliphatic rings. The van der Waals surface area contributed by atoms with Crippen molar-refractivity contribution in [3.8, 4) is 0 Å². The fourth-order valence-corrected chi connectivity index (χ4v) is 2.25. The molecule has 1 fully saturated rings. The summed E-state index contributed by atoms with van der Waals surface area (Å²) in [6.45, 7) is 10.2. The molecule has 4 heteroatoms. The monoisotopic (exact) mass is 228 g/mol. The normalized spacial score (nSPS) is 24.3. The van der Waals surface area contributed by atoms with E-state index < -0.39 is 0 Å². The van der Waals surface area contributed by atoms with E-state index in [4.69, 9.17) is 12.2 Å². The molecule has 86 valence electrons. The van der Waals surface area contributed by atoms with Gasteiger partial charge in [-0.2, -0.15) is 0 Å². The van der Waals surface area contributed by atoms with Crippen LogP contribution in [0.4, 0.5) is 0 Å². The molecule has 0 aliphatic carbocycles. The maximum Gasteiger partial charge on any atom is 0.252 e. The van der Waals surface area contributed by atoms with Crippen molar-refractivity contribution in [2.45, 2.75) is 52.6 Å². The van der Waals surface area contributed by atoms with Crippen molar-refractivity contribution < 1.29 is 4.79 Å². The minimum absolute atomic E-state index is 0.113. The van der Waals surface area contributed by atoms with E-state index in [0.717, 1.165) is 6.42 Å². The molecule has 0 saturated carbocycles. The van der Waals surface area contributed by atoms with E-state index in [1.807, 2.05) is 20.8 Å². The largest absolute Gasteiger partial charge is 0.350 e. The van der Waals surface area contributed by atoms with Gasteiger partial charge in [-0.15, -0.1) is 0 Å². The summed E-state index contributed by atoms with van der Waals surface area (Å²) < 4.78 is 0. The highest BCUT2D eigenvalue weighted by molar-refractivity contribution is 7.80. The summed E-state index contributed by atoms with van der Waals surface area (Å²) in [6, 6.07) is -0.137. The minimum Gasteiger partial charge on any atom is -0.350 e. The van der Waals surface area contributed by atoms with Crippen molar-refractivity contribution in [2.24, 2.45) is 5.92 Å². The summed E-state index contributed by atoms with van der Waals surface area (Å²) in [6.07, 6.45) is 0.976. The topological polar surface area (TPSA) is 32.3 Å². The maximum atomic E-state index is 12.1. The Bertz CT molecular complexity index is 283. The number of rotatable bonds is 2. The van der Waals surface area contributed by atoms with E-state index >= 15 is 0 Å². The lowest BCUT2D eigenvalue weighted by Crippen LogP contribution is -2.46. The van der Waals surface area contributed by atoms with Gasteiger partial charge in [0.2, 0.25) is 0 Å². The third-order valence-electron chi connectivity index (χ3n) is 2.85. The van der Waals surface area contributed by atoms with Gasteiger partial charge in [0.05, 0.1) is 0 Å². The first-order chi connectivity index (χ1) is 6.79. The van der Waals surface area contributed by atoms with Crippen LogP contribution in [0.15, 0.2) is 0 Å². The van der Waals surface area contributed by atoms with Crippen LogP contribution in [0.5, 0.6) is 0 Å². The molecule has 1 amide bonds. The Labute approximate surface area is 97.2 Å². The highest BCUT2D eigenvalue weighted by atomic mass is 32.1. The Morgan fingerprint density at radius 2 is 2.07 bits per heavy atom. The SMILES string of the molecule is CCC(C)C1NC(=S)N(C(C)(C)C)C1=O. The Kier molecular flexibility index (Phi) is 3.38. The lowest BCUT2D eigenvalue weighted by atomic mass is 9.98. The highest BCUT2D eigenvalue weighted by Crippen LogP contribution is 2.23. The summed E-state index contributed by atoms with van der Waals surface area (Å²) in [7, 11) is 0. The van der Waals surface area contributed by atoms with Crippen LogP contribution in [0.25, 0.3) is 0 Å². The number of nitrogens with one attached hydrogen (secondary N) is 1. The summed E-state index contributed by atoms with van der Waals surface area (Å²) in [5, 5.41) is 3.69. The number of hydrogen-bond donors (Lipinski definition) is 1. The zero-order valence-electron chi connectivity index (χ0n) is 10.1. The van der Waals surface area contributed by atoms with Gasteiger partial charge in [-0.3, -0.25) is 9.69 Å². The van der Waals surface area contributed by atoms with E-state index in [1.54, 1.807) is 4.90 Å². The molecule has 1 heterocycles. The molecule has 1 rings (SSSR count). The van der Waals surface area contributed by atoms with Crippen molar-refractivity contribution in [3.05, 3.63) is 0 Å². The predicted molar refractivity (Wildman–Crippen MR) is 65.6 cm³/mol. The van der Waals surface area contributed by atoms with Crippen LogP contribution < -0.4 is 5.32 Å². The van der Waals surface area contributed by atoms with E-state index in [2.05, 4.69) is 19.2 Å². The van der Waals surface area contributed by atoms with Gasteiger partial charge in [0, 0.05) is 5.54 Å². The molecule has 1 saturated heterocycles. The van der Waals surface area contributed by atoms with Gasteiger partial charge >= 0.3 is 0 Å². The summed E-state index contributed by atoms with van der Waals surface area (Å²) in [5.74, 6) is 0.435. The standard InChI is InChI=1S/C11H20N2OS/c1-6-7(2)8-9(14)13(10(15)12-8)11(3,4)5/h7-8H,6H2,1-5H3,(H,12,15). The van der Waals surface area contributed by atoms with Crippen LogP contribution in [-0.2, 0) is 4.79 Å². The first kappa shape index (κ1) is 12.4. The third-order valence-corrected chi connectivity index (χ3v) is 3.15. The lowest BCUT2D eigenvalue weighted by Gasteiger charge is -2.30. The molecule has 2 unspecified atom stereocenters.